The summed E-state index contributed by atoms with van der Waals surface area (Å²) in [6.07, 6.45) is 14.2. The molecule has 0 fully saturated rings. The molecule has 0 amide bonds. The minimum atomic E-state index is 0.503. The van der Waals surface area contributed by atoms with Gasteiger partial charge in [-0.3, -0.25) is 0 Å². The summed E-state index contributed by atoms with van der Waals surface area (Å²) in [7, 11) is 0. The zero-order valence-electron chi connectivity index (χ0n) is 5.33. The molecule has 0 atom stereocenters. The summed E-state index contributed by atoms with van der Waals surface area (Å²) in [5.41, 5.74) is 0. The van der Waals surface area contributed by atoms with Crippen molar-refractivity contribution in [3.8, 4) is 0 Å². The zero-order chi connectivity index (χ0) is 6.53. The second kappa shape index (κ2) is 3.08. The van der Waals surface area contributed by atoms with E-state index in [9.17, 15) is 0 Å². The van der Waals surface area contributed by atoms with E-state index in [-0.39, 0.29) is 0 Å². The fraction of sp³-hybridized carbons (Fsp3) is 0.111. The predicted molar refractivity (Wildman–Crippen MR) is 41.1 cm³/mol. The lowest BCUT2D eigenvalue weighted by molar-refractivity contribution is 1.09. The Bertz CT molecular complexity index is 158. The number of allylic oxidation sites excluding steroid dienone is 7. The van der Waals surface area contributed by atoms with Crippen LogP contribution in [0.4, 0.5) is 0 Å². The Labute approximate surface area is 55.9 Å². The summed E-state index contributed by atoms with van der Waals surface area (Å²) < 4.78 is 0. The molecule has 0 nitrogen and oxygen atoms in total. The summed E-state index contributed by atoms with van der Waals surface area (Å²) in [4.78, 5) is 0. The van der Waals surface area contributed by atoms with Crippen LogP contribution in [0.5, 0.6) is 0 Å². The van der Waals surface area contributed by atoms with Gasteiger partial charge in [-0.25, -0.2) is 0 Å². The molecule has 0 N–H and O–H groups in total. The normalized spacial score (nSPS) is 17.8. The highest BCUT2D eigenvalue weighted by Crippen LogP contribution is 2.09. The lowest BCUT2D eigenvalue weighted by Crippen LogP contribution is -1.78. The molecule has 1 rings (SSSR count). The van der Waals surface area contributed by atoms with Crippen LogP contribution in [-0.4, -0.2) is 0 Å². The predicted octanol–water partition coefficient (Wildman–Crippen LogP) is 2.47. The van der Waals surface area contributed by atoms with Crippen LogP contribution in [-0.2, 0) is 0 Å². The largest absolute Gasteiger partial charge is 0.0991 e. The Morgan fingerprint density at radius 1 is 1.22 bits per heavy atom. The fourth-order valence-corrected chi connectivity index (χ4v) is 0.784. The van der Waals surface area contributed by atoms with E-state index < -0.39 is 0 Å². The van der Waals surface area contributed by atoms with E-state index in [1.807, 2.05) is 6.08 Å². The smallest absolute Gasteiger partial charge is 0.0136 e. The van der Waals surface area contributed by atoms with Gasteiger partial charge >= 0.3 is 0 Å². The zero-order valence-corrected chi connectivity index (χ0v) is 5.33. The Morgan fingerprint density at radius 2 is 1.89 bits per heavy atom. The standard InChI is InChI=1S/C9H10/c1-2-3-6-9-7-4-5-8-9/h2-9H,1H2/b6-3-. The van der Waals surface area contributed by atoms with E-state index in [4.69, 9.17) is 0 Å². The van der Waals surface area contributed by atoms with Gasteiger partial charge in [0.05, 0.1) is 0 Å². The molecule has 0 aliphatic heterocycles. The summed E-state index contributed by atoms with van der Waals surface area (Å²) in [5.74, 6) is 0.503. The molecule has 0 heteroatoms. The Hall–Kier alpha value is -1.04. The van der Waals surface area contributed by atoms with Crippen molar-refractivity contribution in [2.45, 2.75) is 0 Å². The van der Waals surface area contributed by atoms with Crippen LogP contribution in [0.25, 0.3) is 0 Å². The minimum absolute atomic E-state index is 0.503. The molecule has 0 aromatic heterocycles. The Kier molecular flexibility index (Phi) is 2.08. The maximum atomic E-state index is 3.59. The van der Waals surface area contributed by atoms with Gasteiger partial charge in [-0.1, -0.05) is 49.1 Å². The van der Waals surface area contributed by atoms with Crippen LogP contribution < -0.4 is 0 Å². The molecule has 0 saturated heterocycles. The summed E-state index contributed by atoms with van der Waals surface area (Å²) in [6.45, 7) is 3.59. The highest BCUT2D eigenvalue weighted by molar-refractivity contribution is 5.23. The van der Waals surface area contributed by atoms with Crippen molar-refractivity contribution < 1.29 is 0 Å². The van der Waals surface area contributed by atoms with Crippen LogP contribution in [0, 0.1) is 5.92 Å². The number of hydrogen-bond donors (Lipinski definition) is 0. The topological polar surface area (TPSA) is 0 Å². The van der Waals surface area contributed by atoms with Gasteiger partial charge in [-0.15, -0.1) is 0 Å². The van der Waals surface area contributed by atoms with E-state index in [2.05, 4.69) is 37.0 Å². The van der Waals surface area contributed by atoms with Gasteiger partial charge in [-0.2, -0.15) is 0 Å². The van der Waals surface area contributed by atoms with E-state index in [0.717, 1.165) is 0 Å². The SMILES string of the molecule is C=C/C=C\C1C=CC=C1. The first-order chi connectivity index (χ1) is 4.43. The van der Waals surface area contributed by atoms with Crippen LogP contribution >= 0.6 is 0 Å². The molecule has 0 spiro atoms. The van der Waals surface area contributed by atoms with E-state index in [1.165, 1.54) is 0 Å². The maximum absolute atomic E-state index is 3.59. The van der Waals surface area contributed by atoms with Crippen molar-refractivity contribution in [2.24, 2.45) is 5.92 Å². The van der Waals surface area contributed by atoms with Crippen LogP contribution in [0.2, 0.25) is 0 Å². The maximum Gasteiger partial charge on any atom is 0.0136 e. The summed E-state index contributed by atoms with van der Waals surface area (Å²) in [5, 5.41) is 0. The van der Waals surface area contributed by atoms with Crippen molar-refractivity contribution in [3.63, 3.8) is 0 Å². The average Bonchev–Trinajstić information content (AvgIpc) is 2.34. The lowest BCUT2D eigenvalue weighted by Gasteiger charge is -1.90. The average molecular weight is 118 g/mol. The van der Waals surface area contributed by atoms with Gasteiger partial charge < -0.3 is 0 Å². The third-order valence-corrected chi connectivity index (χ3v) is 1.25. The molecular weight excluding hydrogens is 108 g/mol. The molecule has 0 heterocycles. The van der Waals surface area contributed by atoms with Crippen molar-refractivity contribution in [2.75, 3.05) is 0 Å². The summed E-state index contributed by atoms with van der Waals surface area (Å²) in [6, 6.07) is 0. The molecule has 1 aliphatic carbocycles. The fourth-order valence-electron chi connectivity index (χ4n) is 0.784. The van der Waals surface area contributed by atoms with Crippen molar-refractivity contribution in [3.05, 3.63) is 49.1 Å². The van der Waals surface area contributed by atoms with Gasteiger partial charge in [0, 0.05) is 5.92 Å². The van der Waals surface area contributed by atoms with Crippen LogP contribution in [0.3, 0.4) is 0 Å². The van der Waals surface area contributed by atoms with E-state index >= 15 is 0 Å². The first-order valence-corrected chi connectivity index (χ1v) is 3.07. The summed E-state index contributed by atoms with van der Waals surface area (Å²) >= 11 is 0. The molecule has 0 saturated carbocycles. The third kappa shape index (κ3) is 1.73. The number of hydrogen-bond acceptors (Lipinski definition) is 0. The Morgan fingerprint density at radius 3 is 2.44 bits per heavy atom. The van der Waals surface area contributed by atoms with Crippen molar-refractivity contribution in [1.82, 2.24) is 0 Å². The first-order valence-electron chi connectivity index (χ1n) is 3.07. The third-order valence-electron chi connectivity index (χ3n) is 1.25. The molecule has 9 heavy (non-hydrogen) atoms. The van der Waals surface area contributed by atoms with Crippen molar-refractivity contribution in [1.29, 1.82) is 0 Å². The molecule has 0 radical (unpaired) electrons. The lowest BCUT2D eigenvalue weighted by atomic mass is 10.1. The van der Waals surface area contributed by atoms with Gasteiger partial charge in [0.1, 0.15) is 0 Å². The quantitative estimate of drug-likeness (QED) is 0.488. The van der Waals surface area contributed by atoms with E-state index in [1.54, 1.807) is 6.08 Å². The van der Waals surface area contributed by atoms with Gasteiger partial charge in [0.2, 0.25) is 0 Å². The highest BCUT2D eigenvalue weighted by atomic mass is 14.0. The number of rotatable bonds is 2. The van der Waals surface area contributed by atoms with Gasteiger partial charge in [0.25, 0.3) is 0 Å². The Balaban J connectivity index is 2.45. The van der Waals surface area contributed by atoms with Gasteiger partial charge in [0.15, 0.2) is 0 Å². The van der Waals surface area contributed by atoms with Crippen molar-refractivity contribution >= 4 is 0 Å². The molecule has 1 aliphatic rings. The highest BCUT2D eigenvalue weighted by Gasteiger charge is 1.94. The van der Waals surface area contributed by atoms with Crippen LogP contribution in [0.15, 0.2) is 49.1 Å². The molecule has 0 aromatic carbocycles. The second-order valence-electron chi connectivity index (χ2n) is 1.97. The molecule has 46 valence electrons. The minimum Gasteiger partial charge on any atom is -0.0991 e. The molecular formula is C9H10. The monoisotopic (exact) mass is 118 g/mol. The second-order valence-corrected chi connectivity index (χ2v) is 1.97. The van der Waals surface area contributed by atoms with Gasteiger partial charge in [-0.05, 0) is 0 Å². The molecule has 0 bridgehead atoms. The molecule has 0 unspecified atom stereocenters. The van der Waals surface area contributed by atoms with E-state index in [0.29, 0.717) is 5.92 Å². The first kappa shape index (κ1) is 6.09. The molecule has 0 aromatic rings. The van der Waals surface area contributed by atoms with Crippen LogP contribution in [0.1, 0.15) is 0 Å².